The molecule has 0 aliphatic rings. The number of nitrogens with one attached hydrogen (secondary N) is 1. The largest absolute Gasteiger partial charge is 0.461 e. The predicted molar refractivity (Wildman–Crippen MR) is 64.4 cm³/mol. The molecule has 0 amide bonds. The number of carbonyl (C=O) groups excluding carboxylic acids is 1. The van der Waals surface area contributed by atoms with Crippen molar-refractivity contribution in [3.8, 4) is 11.3 Å². The standard InChI is InChI=1S/C11H10N4O4/c1-2-19-11(16)9-5-8(13-14-9)7-6-12-4-3-10(7)15(17)18/h3-6H,2H2,1H3,(H,13,14). The molecule has 2 heterocycles. The van der Waals surface area contributed by atoms with Crippen LogP contribution in [0.1, 0.15) is 17.4 Å². The molecule has 0 unspecified atom stereocenters. The molecule has 0 aliphatic carbocycles. The van der Waals surface area contributed by atoms with Gasteiger partial charge < -0.3 is 4.74 Å². The van der Waals surface area contributed by atoms with Gasteiger partial charge in [0.2, 0.25) is 0 Å². The smallest absolute Gasteiger partial charge is 0.358 e. The first-order chi connectivity index (χ1) is 9.13. The summed E-state index contributed by atoms with van der Waals surface area (Å²) in [5.74, 6) is -0.587. The van der Waals surface area contributed by atoms with E-state index in [2.05, 4.69) is 15.2 Å². The minimum Gasteiger partial charge on any atom is -0.461 e. The average Bonchev–Trinajstić information content (AvgIpc) is 2.88. The molecule has 0 atom stereocenters. The number of rotatable bonds is 4. The number of nitro groups is 1. The Labute approximate surface area is 107 Å². The number of aromatic nitrogens is 3. The highest BCUT2D eigenvalue weighted by atomic mass is 16.6. The van der Waals surface area contributed by atoms with Gasteiger partial charge in [-0.1, -0.05) is 0 Å². The molecule has 0 fully saturated rings. The first-order valence-corrected chi connectivity index (χ1v) is 5.44. The maximum absolute atomic E-state index is 11.5. The highest BCUT2D eigenvalue weighted by molar-refractivity contribution is 5.89. The normalized spacial score (nSPS) is 10.2. The monoisotopic (exact) mass is 262 g/mol. The summed E-state index contributed by atoms with van der Waals surface area (Å²) in [5, 5.41) is 17.2. The summed E-state index contributed by atoms with van der Waals surface area (Å²) < 4.78 is 4.78. The zero-order valence-electron chi connectivity index (χ0n) is 9.99. The molecular formula is C11H10N4O4. The fourth-order valence-electron chi connectivity index (χ4n) is 1.52. The topological polar surface area (TPSA) is 111 Å². The number of H-pyrrole nitrogens is 1. The van der Waals surface area contributed by atoms with Crippen molar-refractivity contribution < 1.29 is 14.5 Å². The van der Waals surface area contributed by atoms with E-state index in [9.17, 15) is 14.9 Å². The first-order valence-electron chi connectivity index (χ1n) is 5.44. The van der Waals surface area contributed by atoms with E-state index >= 15 is 0 Å². The van der Waals surface area contributed by atoms with Crippen LogP contribution >= 0.6 is 0 Å². The number of esters is 1. The van der Waals surface area contributed by atoms with Crippen LogP contribution in [0.25, 0.3) is 11.3 Å². The Bertz CT molecular complexity index is 623. The van der Waals surface area contributed by atoms with Gasteiger partial charge in [0.1, 0.15) is 0 Å². The molecule has 0 spiro atoms. The second-order valence-electron chi connectivity index (χ2n) is 3.54. The Morgan fingerprint density at radius 2 is 2.37 bits per heavy atom. The van der Waals surface area contributed by atoms with E-state index in [0.29, 0.717) is 5.69 Å². The van der Waals surface area contributed by atoms with Crippen LogP contribution in [0, 0.1) is 10.1 Å². The van der Waals surface area contributed by atoms with Crippen LogP contribution in [0.15, 0.2) is 24.5 Å². The van der Waals surface area contributed by atoms with Crippen LogP contribution in [0.4, 0.5) is 5.69 Å². The van der Waals surface area contributed by atoms with Gasteiger partial charge in [-0.05, 0) is 13.0 Å². The van der Waals surface area contributed by atoms with E-state index in [-0.39, 0.29) is 23.6 Å². The fourth-order valence-corrected chi connectivity index (χ4v) is 1.52. The number of hydrogen-bond acceptors (Lipinski definition) is 6. The van der Waals surface area contributed by atoms with Crippen LogP contribution in [0.3, 0.4) is 0 Å². The molecule has 1 N–H and O–H groups in total. The zero-order valence-corrected chi connectivity index (χ0v) is 9.99. The number of pyridine rings is 1. The van der Waals surface area contributed by atoms with E-state index < -0.39 is 10.9 Å². The van der Waals surface area contributed by atoms with Gasteiger partial charge in [0.05, 0.1) is 22.8 Å². The van der Waals surface area contributed by atoms with Gasteiger partial charge in [-0.25, -0.2) is 4.79 Å². The van der Waals surface area contributed by atoms with E-state index in [1.54, 1.807) is 6.92 Å². The third-order valence-electron chi connectivity index (χ3n) is 2.35. The summed E-state index contributed by atoms with van der Waals surface area (Å²) in [6, 6.07) is 2.67. The third kappa shape index (κ3) is 2.57. The van der Waals surface area contributed by atoms with Crippen molar-refractivity contribution >= 4 is 11.7 Å². The van der Waals surface area contributed by atoms with Crippen molar-refractivity contribution in [2.24, 2.45) is 0 Å². The van der Waals surface area contributed by atoms with Gasteiger partial charge in [-0.15, -0.1) is 0 Å². The van der Waals surface area contributed by atoms with Crippen LogP contribution in [0.2, 0.25) is 0 Å². The van der Waals surface area contributed by atoms with E-state index in [1.165, 1.54) is 24.5 Å². The molecule has 0 saturated carbocycles. The molecule has 8 nitrogen and oxygen atoms in total. The van der Waals surface area contributed by atoms with Crippen LogP contribution in [-0.2, 0) is 4.74 Å². The Balaban J connectivity index is 2.38. The Kier molecular flexibility index (Phi) is 3.51. The number of hydrogen-bond donors (Lipinski definition) is 1. The van der Waals surface area contributed by atoms with E-state index in [0.717, 1.165) is 0 Å². The highest BCUT2D eigenvalue weighted by Gasteiger charge is 2.19. The Morgan fingerprint density at radius 3 is 3.05 bits per heavy atom. The average molecular weight is 262 g/mol. The van der Waals surface area contributed by atoms with Crippen molar-refractivity contribution in [2.45, 2.75) is 6.92 Å². The lowest BCUT2D eigenvalue weighted by molar-refractivity contribution is -0.384. The first kappa shape index (κ1) is 12.7. The lowest BCUT2D eigenvalue weighted by Gasteiger charge is -1.98. The van der Waals surface area contributed by atoms with Gasteiger partial charge in [0.15, 0.2) is 5.69 Å². The number of aromatic amines is 1. The van der Waals surface area contributed by atoms with Gasteiger partial charge >= 0.3 is 5.97 Å². The molecule has 0 aromatic carbocycles. The number of ether oxygens (including phenoxy) is 1. The maximum atomic E-state index is 11.5. The highest BCUT2D eigenvalue weighted by Crippen LogP contribution is 2.27. The van der Waals surface area contributed by atoms with Crippen molar-refractivity contribution in [2.75, 3.05) is 6.61 Å². The SMILES string of the molecule is CCOC(=O)c1cc(-c2cnccc2[N+](=O)[O-])[nH]n1. The number of nitrogens with zero attached hydrogens (tertiary/aromatic N) is 3. The number of carbonyl (C=O) groups is 1. The summed E-state index contributed by atoms with van der Waals surface area (Å²) >= 11 is 0. The van der Waals surface area contributed by atoms with Crippen LogP contribution in [-0.4, -0.2) is 32.7 Å². The molecule has 8 heteroatoms. The zero-order chi connectivity index (χ0) is 13.8. The van der Waals surface area contributed by atoms with Crippen molar-refractivity contribution in [3.63, 3.8) is 0 Å². The van der Waals surface area contributed by atoms with Gasteiger partial charge in [0, 0.05) is 18.5 Å². The fraction of sp³-hybridized carbons (Fsp3) is 0.182. The lowest BCUT2D eigenvalue weighted by Crippen LogP contribution is -2.04. The van der Waals surface area contributed by atoms with E-state index in [4.69, 9.17) is 4.74 Å². The molecule has 0 saturated heterocycles. The second kappa shape index (κ2) is 5.25. The molecule has 2 aromatic rings. The van der Waals surface area contributed by atoms with Crippen molar-refractivity contribution in [3.05, 3.63) is 40.3 Å². The van der Waals surface area contributed by atoms with Crippen molar-refractivity contribution in [1.82, 2.24) is 15.2 Å². The second-order valence-corrected chi connectivity index (χ2v) is 3.54. The molecular weight excluding hydrogens is 252 g/mol. The summed E-state index contributed by atoms with van der Waals surface area (Å²) in [5.41, 5.74) is 0.544. The summed E-state index contributed by atoms with van der Waals surface area (Å²) in [6.45, 7) is 1.91. The molecule has 0 aliphatic heterocycles. The molecule has 2 rings (SSSR count). The lowest BCUT2D eigenvalue weighted by atomic mass is 10.1. The molecule has 98 valence electrons. The minimum atomic E-state index is -0.587. The predicted octanol–water partition coefficient (Wildman–Crippen LogP) is 1.56. The van der Waals surface area contributed by atoms with Crippen LogP contribution in [0.5, 0.6) is 0 Å². The summed E-state index contributed by atoms with van der Waals surface area (Å²) in [7, 11) is 0. The third-order valence-corrected chi connectivity index (χ3v) is 2.35. The minimum absolute atomic E-state index is 0.0648. The summed E-state index contributed by atoms with van der Waals surface area (Å²) in [6.07, 6.45) is 2.66. The van der Waals surface area contributed by atoms with Crippen molar-refractivity contribution in [1.29, 1.82) is 0 Å². The van der Waals surface area contributed by atoms with Gasteiger partial charge in [0.25, 0.3) is 5.69 Å². The van der Waals surface area contributed by atoms with Gasteiger partial charge in [-0.3, -0.25) is 20.2 Å². The van der Waals surface area contributed by atoms with E-state index in [1.807, 2.05) is 0 Å². The quantitative estimate of drug-likeness (QED) is 0.508. The summed E-state index contributed by atoms with van der Waals surface area (Å²) in [4.78, 5) is 25.6. The maximum Gasteiger partial charge on any atom is 0.358 e. The molecule has 19 heavy (non-hydrogen) atoms. The Hall–Kier alpha value is -2.77. The van der Waals surface area contributed by atoms with Crippen LogP contribution < -0.4 is 0 Å². The molecule has 0 radical (unpaired) electrons. The molecule has 2 aromatic heterocycles. The molecule has 0 bridgehead atoms. The Morgan fingerprint density at radius 1 is 1.58 bits per heavy atom. The van der Waals surface area contributed by atoms with Gasteiger partial charge in [-0.2, -0.15) is 5.10 Å².